The van der Waals surface area contributed by atoms with Crippen molar-refractivity contribution in [2.45, 2.75) is 51.0 Å². The first kappa shape index (κ1) is 15.0. The van der Waals surface area contributed by atoms with E-state index in [-0.39, 0.29) is 0 Å². The van der Waals surface area contributed by atoms with Crippen molar-refractivity contribution in [3.8, 4) is 0 Å². The van der Waals surface area contributed by atoms with Gasteiger partial charge in [-0.15, -0.1) is 0 Å². The maximum absolute atomic E-state index is 11.6. The fourth-order valence-corrected chi connectivity index (χ4v) is 3.35. The highest BCUT2D eigenvalue weighted by Gasteiger charge is 2.45. The van der Waals surface area contributed by atoms with E-state index in [1.54, 1.807) is 0 Å². The molecule has 1 saturated heterocycles. The molecule has 1 aromatic rings. The quantitative estimate of drug-likeness (QED) is 0.863. The summed E-state index contributed by atoms with van der Waals surface area (Å²) in [7, 11) is 0. The minimum Gasteiger partial charge on any atom is -0.480 e. The second-order valence-corrected chi connectivity index (χ2v) is 5.88. The monoisotopic (exact) mass is 275 g/mol. The molecule has 3 heteroatoms. The van der Waals surface area contributed by atoms with Gasteiger partial charge in [0.15, 0.2) is 0 Å². The molecule has 2 atom stereocenters. The van der Waals surface area contributed by atoms with Crippen molar-refractivity contribution < 1.29 is 9.90 Å². The van der Waals surface area contributed by atoms with Crippen LogP contribution in [0.3, 0.4) is 0 Å². The number of nitrogens with zero attached hydrogens (tertiary/aromatic N) is 1. The summed E-state index contributed by atoms with van der Waals surface area (Å²) in [6.07, 6.45) is 3.50. The van der Waals surface area contributed by atoms with E-state index < -0.39 is 11.5 Å². The molecule has 1 heterocycles. The molecular formula is C17H25NO2. The normalized spacial score (nSPS) is 24.7. The van der Waals surface area contributed by atoms with Crippen LogP contribution in [-0.2, 0) is 4.79 Å². The lowest BCUT2D eigenvalue weighted by atomic mass is 9.91. The van der Waals surface area contributed by atoms with Gasteiger partial charge in [0.05, 0.1) is 0 Å². The predicted molar refractivity (Wildman–Crippen MR) is 80.9 cm³/mol. The fraction of sp³-hybridized carbons (Fsp3) is 0.588. The number of hydrogen-bond acceptors (Lipinski definition) is 2. The molecule has 2 unspecified atom stereocenters. The molecule has 0 bridgehead atoms. The van der Waals surface area contributed by atoms with Crippen LogP contribution in [0.25, 0.3) is 0 Å². The Labute approximate surface area is 121 Å². The summed E-state index contributed by atoms with van der Waals surface area (Å²) in [4.78, 5) is 13.8. The Kier molecular flexibility index (Phi) is 4.81. The number of aliphatic carboxylic acids is 1. The zero-order chi connectivity index (χ0) is 14.6. The van der Waals surface area contributed by atoms with E-state index in [1.807, 2.05) is 13.0 Å². The average Bonchev–Trinajstić information content (AvgIpc) is 2.90. The number of carboxylic acids is 1. The second kappa shape index (κ2) is 6.40. The average molecular weight is 275 g/mol. The van der Waals surface area contributed by atoms with E-state index in [2.05, 4.69) is 36.1 Å². The highest BCUT2D eigenvalue weighted by atomic mass is 16.4. The predicted octanol–water partition coefficient (Wildman–Crippen LogP) is 3.51. The number of likely N-dealkylation sites (tertiary alicyclic amines) is 1. The lowest BCUT2D eigenvalue weighted by molar-refractivity contribution is -0.150. The lowest BCUT2D eigenvalue weighted by Gasteiger charge is -2.34. The topological polar surface area (TPSA) is 40.5 Å². The number of rotatable bonds is 6. The van der Waals surface area contributed by atoms with Crippen LogP contribution in [-0.4, -0.2) is 34.6 Å². The summed E-state index contributed by atoms with van der Waals surface area (Å²) >= 11 is 0. The van der Waals surface area contributed by atoms with Crippen molar-refractivity contribution in [2.75, 3.05) is 13.1 Å². The van der Waals surface area contributed by atoms with Crippen LogP contribution in [0, 0.1) is 0 Å². The fourth-order valence-electron chi connectivity index (χ4n) is 3.35. The van der Waals surface area contributed by atoms with E-state index >= 15 is 0 Å². The van der Waals surface area contributed by atoms with Gasteiger partial charge in [-0.2, -0.15) is 0 Å². The summed E-state index contributed by atoms with van der Waals surface area (Å²) in [6.45, 7) is 6.00. The summed E-state index contributed by atoms with van der Waals surface area (Å²) in [5, 5.41) is 9.57. The minimum atomic E-state index is -0.648. The van der Waals surface area contributed by atoms with Gasteiger partial charge in [0, 0.05) is 0 Å². The Morgan fingerprint density at radius 3 is 2.70 bits per heavy atom. The third kappa shape index (κ3) is 2.88. The molecule has 0 aliphatic carbocycles. The van der Waals surface area contributed by atoms with Gasteiger partial charge in [-0.3, -0.25) is 9.69 Å². The lowest BCUT2D eigenvalue weighted by Crippen LogP contribution is -2.50. The van der Waals surface area contributed by atoms with Crippen molar-refractivity contribution in [3.05, 3.63) is 35.9 Å². The molecule has 3 nitrogen and oxygen atoms in total. The first-order valence-electron chi connectivity index (χ1n) is 7.63. The van der Waals surface area contributed by atoms with Crippen LogP contribution in [0.5, 0.6) is 0 Å². The van der Waals surface area contributed by atoms with Gasteiger partial charge in [0.2, 0.25) is 0 Å². The highest BCUT2D eigenvalue weighted by molar-refractivity contribution is 5.79. The van der Waals surface area contributed by atoms with Crippen molar-refractivity contribution in [1.82, 2.24) is 4.90 Å². The van der Waals surface area contributed by atoms with Gasteiger partial charge in [-0.25, -0.2) is 0 Å². The maximum Gasteiger partial charge on any atom is 0.324 e. The zero-order valence-corrected chi connectivity index (χ0v) is 12.5. The smallest absolute Gasteiger partial charge is 0.324 e. The Morgan fingerprint density at radius 2 is 2.10 bits per heavy atom. The molecule has 0 aromatic heterocycles. The zero-order valence-electron chi connectivity index (χ0n) is 12.5. The molecule has 1 aliphatic heterocycles. The molecule has 1 aromatic carbocycles. The number of carboxylic acid groups (broad SMARTS) is 1. The molecule has 0 radical (unpaired) electrons. The first-order chi connectivity index (χ1) is 9.60. The second-order valence-electron chi connectivity index (χ2n) is 5.88. The van der Waals surface area contributed by atoms with Gasteiger partial charge in [0.1, 0.15) is 5.54 Å². The molecule has 0 saturated carbocycles. The molecular weight excluding hydrogens is 250 g/mol. The summed E-state index contributed by atoms with van der Waals surface area (Å²) in [6, 6.07) is 10.5. The van der Waals surface area contributed by atoms with Gasteiger partial charge in [-0.05, 0) is 50.3 Å². The molecule has 1 fully saturated rings. The molecule has 20 heavy (non-hydrogen) atoms. The van der Waals surface area contributed by atoms with Crippen LogP contribution >= 0.6 is 0 Å². The molecule has 0 amide bonds. The molecule has 2 rings (SSSR count). The Balaban J connectivity index is 1.98. The summed E-state index contributed by atoms with van der Waals surface area (Å²) < 4.78 is 0. The summed E-state index contributed by atoms with van der Waals surface area (Å²) in [5.74, 6) is -0.176. The Bertz CT molecular complexity index is 446. The van der Waals surface area contributed by atoms with Crippen molar-refractivity contribution in [1.29, 1.82) is 0 Å². The highest BCUT2D eigenvalue weighted by Crippen LogP contribution is 2.33. The van der Waals surface area contributed by atoms with Crippen LogP contribution < -0.4 is 0 Å². The largest absolute Gasteiger partial charge is 0.480 e. The SMILES string of the molecule is CCC1(C(=O)O)CCCN1CCC(C)c1ccccc1. The Hall–Kier alpha value is -1.35. The standard InChI is InChI=1S/C17H25NO2/c1-3-17(16(19)20)11-7-12-18(17)13-10-14(2)15-8-5-4-6-9-15/h4-6,8-9,14H,3,7,10-13H2,1-2H3,(H,19,20). The molecule has 1 aliphatic rings. The van der Waals surface area contributed by atoms with Crippen LogP contribution in [0.15, 0.2) is 30.3 Å². The van der Waals surface area contributed by atoms with Gasteiger partial charge < -0.3 is 5.11 Å². The van der Waals surface area contributed by atoms with E-state index in [1.165, 1.54) is 5.56 Å². The van der Waals surface area contributed by atoms with Crippen LogP contribution in [0.4, 0.5) is 0 Å². The maximum atomic E-state index is 11.6. The van der Waals surface area contributed by atoms with Gasteiger partial charge in [-0.1, -0.05) is 44.2 Å². The molecule has 0 spiro atoms. The van der Waals surface area contributed by atoms with Crippen LogP contribution in [0.1, 0.15) is 51.0 Å². The van der Waals surface area contributed by atoms with Gasteiger partial charge >= 0.3 is 5.97 Å². The number of benzene rings is 1. The first-order valence-corrected chi connectivity index (χ1v) is 7.63. The minimum absolute atomic E-state index is 0.472. The third-order valence-corrected chi connectivity index (χ3v) is 4.81. The number of hydrogen-bond donors (Lipinski definition) is 1. The Morgan fingerprint density at radius 1 is 1.40 bits per heavy atom. The van der Waals surface area contributed by atoms with E-state index in [4.69, 9.17) is 0 Å². The van der Waals surface area contributed by atoms with Crippen molar-refractivity contribution in [2.24, 2.45) is 0 Å². The van der Waals surface area contributed by atoms with E-state index in [9.17, 15) is 9.90 Å². The number of carbonyl (C=O) groups is 1. The van der Waals surface area contributed by atoms with Crippen molar-refractivity contribution in [3.63, 3.8) is 0 Å². The van der Waals surface area contributed by atoms with Crippen molar-refractivity contribution >= 4 is 5.97 Å². The van der Waals surface area contributed by atoms with E-state index in [0.29, 0.717) is 12.3 Å². The third-order valence-electron chi connectivity index (χ3n) is 4.81. The van der Waals surface area contributed by atoms with E-state index in [0.717, 1.165) is 32.4 Å². The molecule has 110 valence electrons. The van der Waals surface area contributed by atoms with Crippen LogP contribution in [0.2, 0.25) is 0 Å². The molecule has 1 N–H and O–H groups in total. The van der Waals surface area contributed by atoms with Gasteiger partial charge in [0.25, 0.3) is 0 Å². The summed E-state index contributed by atoms with van der Waals surface area (Å²) in [5.41, 5.74) is 0.722.